The van der Waals surface area contributed by atoms with Crippen LogP contribution in [0.1, 0.15) is 20.3 Å². The molecule has 1 heteroatoms. The Morgan fingerprint density at radius 1 is 1.50 bits per heavy atom. The summed E-state index contributed by atoms with van der Waals surface area (Å²) < 4.78 is 0. The first-order chi connectivity index (χ1) is 2.27. The molecule has 0 N–H and O–H groups in total. The molecule has 0 fully saturated rings. The summed E-state index contributed by atoms with van der Waals surface area (Å²) in [6, 6.07) is 0. The Hall–Kier alpha value is 0.870. The Morgan fingerprint density at radius 2 is 1.67 bits per heavy atom. The maximum Gasteiger partial charge on any atom is 0 e. The molecule has 0 aliphatic carbocycles. The van der Waals surface area contributed by atoms with Gasteiger partial charge in [0, 0.05) is 25.8 Å². The van der Waals surface area contributed by atoms with Gasteiger partial charge in [-0.15, -0.1) is 0 Å². The molecule has 0 heterocycles. The SMILES string of the molecule is [CH2-]CC(C)C.[Sc]. The molecular weight excluding hydrogens is 105 g/mol. The van der Waals surface area contributed by atoms with Crippen LogP contribution in [-0.2, 0) is 25.8 Å². The van der Waals surface area contributed by atoms with E-state index < -0.39 is 0 Å². The molecule has 0 rings (SSSR count). The quantitative estimate of drug-likeness (QED) is 0.459. The minimum atomic E-state index is 0. The zero-order valence-corrected chi connectivity index (χ0v) is 6.37. The van der Waals surface area contributed by atoms with E-state index in [2.05, 4.69) is 20.8 Å². The van der Waals surface area contributed by atoms with Crippen molar-refractivity contribution in [2.75, 3.05) is 0 Å². The summed E-state index contributed by atoms with van der Waals surface area (Å²) in [5, 5.41) is 0. The fourth-order valence-electron chi connectivity index (χ4n) is 0. The zero-order valence-electron chi connectivity index (χ0n) is 4.57. The normalized spacial score (nSPS) is 8.00. The standard InChI is InChI=1S/C5H11.Sc/c1-4-5(2)3;/h5H,1,4H2,2-3H3;/q-1;. The third-order valence-corrected chi connectivity index (χ3v) is 0.577. The van der Waals surface area contributed by atoms with Crippen LogP contribution in [0.3, 0.4) is 0 Å². The molecule has 0 unspecified atom stereocenters. The molecule has 0 aromatic heterocycles. The van der Waals surface area contributed by atoms with Crippen molar-refractivity contribution in [3.05, 3.63) is 6.92 Å². The maximum absolute atomic E-state index is 3.69. The van der Waals surface area contributed by atoms with E-state index in [1.54, 1.807) is 0 Å². The molecular formula is C5H11Sc-. The fourth-order valence-corrected chi connectivity index (χ4v) is 0. The molecule has 1 radical (unpaired) electrons. The van der Waals surface area contributed by atoms with Crippen molar-refractivity contribution >= 4 is 0 Å². The summed E-state index contributed by atoms with van der Waals surface area (Å²) >= 11 is 0. The van der Waals surface area contributed by atoms with Crippen molar-refractivity contribution < 1.29 is 25.8 Å². The summed E-state index contributed by atoms with van der Waals surface area (Å²) in [5.74, 6) is 0.773. The summed E-state index contributed by atoms with van der Waals surface area (Å²) in [5.41, 5.74) is 0. The Morgan fingerprint density at radius 3 is 1.67 bits per heavy atom. The zero-order chi connectivity index (χ0) is 4.28. The van der Waals surface area contributed by atoms with Crippen LogP contribution in [0, 0.1) is 12.8 Å². The van der Waals surface area contributed by atoms with Gasteiger partial charge in [-0.1, -0.05) is 19.8 Å². The summed E-state index contributed by atoms with van der Waals surface area (Å²) in [6.07, 6.45) is 1.06. The van der Waals surface area contributed by atoms with E-state index in [-0.39, 0.29) is 25.8 Å². The second-order valence-corrected chi connectivity index (χ2v) is 1.68. The molecule has 6 heavy (non-hydrogen) atoms. The minimum Gasteiger partial charge on any atom is -0.343 e. The first kappa shape index (κ1) is 9.98. The predicted octanol–water partition coefficient (Wildman–Crippen LogP) is 1.86. The number of hydrogen-bond donors (Lipinski definition) is 0. The van der Waals surface area contributed by atoms with Crippen LogP contribution in [0.5, 0.6) is 0 Å². The van der Waals surface area contributed by atoms with Crippen LogP contribution in [0.25, 0.3) is 0 Å². The summed E-state index contributed by atoms with van der Waals surface area (Å²) in [7, 11) is 0. The van der Waals surface area contributed by atoms with Crippen LogP contribution in [0.4, 0.5) is 0 Å². The second kappa shape index (κ2) is 5.87. The van der Waals surface area contributed by atoms with E-state index >= 15 is 0 Å². The van der Waals surface area contributed by atoms with Crippen molar-refractivity contribution in [2.45, 2.75) is 20.3 Å². The molecule has 0 amide bonds. The van der Waals surface area contributed by atoms with Crippen LogP contribution in [-0.4, -0.2) is 0 Å². The van der Waals surface area contributed by atoms with Crippen LogP contribution in [0.15, 0.2) is 0 Å². The average Bonchev–Trinajstić information content (AvgIpc) is 1.38. The molecule has 0 aromatic rings. The van der Waals surface area contributed by atoms with Gasteiger partial charge in [-0.25, -0.2) is 0 Å². The number of rotatable bonds is 1. The van der Waals surface area contributed by atoms with Gasteiger partial charge < -0.3 is 6.92 Å². The van der Waals surface area contributed by atoms with Crippen molar-refractivity contribution in [2.24, 2.45) is 5.92 Å². The average molecular weight is 116 g/mol. The van der Waals surface area contributed by atoms with Crippen molar-refractivity contribution in [3.63, 3.8) is 0 Å². The van der Waals surface area contributed by atoms with E-state index in [0.717, 1.165) is 12.3 Å². The van der Waals surface area contributed by atoms with Crippen LogP contribution >= 0.6 is 0 Å². The van der Waals surface area contributed by atoms with Gasteiger partial charge in [0.1, 0.15) is 0 Å². The molecule has 0 bridgehead atoms. The van der Waals surface area contributed by atoms with Crippen molar-refractivity contribution in [1.82, 2.24) is 0 Å². The second-order valence-electron chi connectivity index (χ2n) is 1.68. The van der Waals surface area contributed by atoms with Crippen molar-refractivity contribution in [3.8, 4) is 0 Å². The van der Waals surface area contributed by atoms with Gasteiger partial charge in [0.15, 0.2) is 0 Å². The van der Waals surface area contributed by atoms with Gasteiger partial charge in [-0.05, 0) is 0 Å². The van der Waals surface area contributed by atoms with Crippen molar-refractivity contribution in [1.29, 1.82) is 0 Å². The molecule has 35 valence electrons. The van der Waals surface area contributed by atoms with E-state index in [0.29, 0.717) is 0 Å². The Kier molecular flexibility index (Phi) is 9.77. The molecule has 0 nitrogen and oxygen atoms in total. The summed E-state index contributed by atoms with van der Waals surface area (Å²) in [4.78, 5) is 0. The molecule has 0 aliphatic rings. The van der Waals surface area contributed by atoms with Gasteiger partial charge in [0.2, 0.25) is 0 Å². The smallest absolute Gasteiger partial charge is 0 e. The fraction of sp³-hybridized carbons (Fsp3) is 0.800. The summed E-state index contributed by atoms with van der Waals surface area (Å²) in [6.45, 7) is 8.00. The van der Waals surface area contributed by atoms with Gasteiger partial charge in [-0.2, -0.15) is 6.42 Å². The van der Waals surface area contributed by atoms with Gasteiger partial charge in [0.25, 0.3) is 0 Å². The van der Waals surface area contributed by atoms with E-state index in [1.165, 1.54) is 0 Å². The van der Waals surface area contributed by atoms with Gasteiger partial charge in [-0.3, -0.25) is 0 Å². The minimum absolute atomic E-state index is 0. The molecule has 0 saturated carbocycles. The Balaban J connectivity index is 0. The molecule has 0 aromatic carbocycles. The van der Waals surface area contributed by atoms with Gasteiger partial charge >= 0.3 is 0 Å². The monoisotopic (exact) mass is 116 g/mol. The third kappa shape index (κ3) is 8.85. The molecule has 0 saturated heterocycles. The van der Waals surface area contributed by atoms with E-state index in [1.807, 2.05) is 0 Å². The largest absolute Gasteiger partial charge is 0.343 e. The molecule has 0 aliphatic heterocycles. The van der Waals surface area contributed by atoms with Crippen LogP contribution < -0.4 is 0 Å². The molecule has 0 atom stereocenters. The number of hydrogen-bond acceptors (Lipinski definition) is 0. The first-order valence-electron chi connectivity index (χ1n) is 2.06. The Labute approximate surface area is 59.1 Å². The maximum atomic E-state index is 3.69. The molecule has 0 spiro atoms. The van der Waals surface area contributed by atoms with E-state index in [4.69, 9.17) is 0 Å². The third-order valence-electron chi connectivity index (χ3n) is 0.577. The Bertz CT molecular complexity index is 17.9. The first-order valence-corrected chi connectivity index (χ1v) is 2.06. The van der Waals surface area contributed by atoms with Gasteiger partial charge in [0.05, 0.1) is 0 Å². The van der Waals surface area contributed by atoms with Crippen LogP contribution in [0.2, 0.25) is 0 Å². The predicted molar refractivity (Wildman–Crippen MR) is 24.8 cm³/mol. The topological polar surface area (TPSA) is 0 Å². The van der Waals surface area contributed by atoms with E-state index in [9.17, 15) is 0 Å².